The summed E-state index contributed by atoms with van der Waals surface area (Å²) in [6, 6.07) is 6.50. The SMILES string of the molecule is CC(C)N1C(=O)CC(Nc2ccc(Cl)cc2)C1=O. The fourth-order valence-corrected chi connectivity index (χ4v) is 2.18. The largest absolute Gasteiger partial charge is 0.373 e. The highest BCUT2D eigenvalue weighted by Gasteiger charge is 2.39. The third kappa shape index (κ3) is 2.48. The van der Waals surface area contributed by atoms with Gasteiger partial charge in [0, 0.05) is 16.8 Å². The number of benzene rings is 1. The van der Waals surface area contributed by atoms with Crippen LogP contribution in [-0.4, -0.2) is 28.8 Å². The molecule has 2 amide bonds. The Labute approximate surface area is 111 Å². The smallest absolute Gasteiger partial charge is 0.252 e. The highest BCUT2D eigenvalue weighted by molar-refractivity contribution is 6.30. The molecular weight excluding hydrogens is 252 g/mol. The fraction of sp³-hybridized carbons (Fsp3) is 0.385. The molecular formula is C13H15ClN2O2. The number of rotatable bonds is 3. The van der Waals surface area contributed by atoms with Gasteiger partial charge in [-0.2, -0.15) is 0 Å². The predicted octanol–water partition coefficient (Wildman–Crippen LogP) is 2.29. The summed E-state index contributed by atoms with van der Waals surface area (Å²) in [5, 5.41) is 3.70. The van der Waals surface area contributed by atoms with Crippen LogP contribution in [0.3, 0.4) is 0 Å². The Hall–Kier alpha value is -1.55. The Morgan fingerprint density at radius 3 is 2.39 bits per heavy atom. The number of nitrogens with zero attached hydrogens (tertiary/aromatic N) is 1. The molecule has 1 fully saturated rings. The molecule has 0 spiro atoms. The number of hydrogen-bond acceptors (Lipinski definition) is 3. The van der Waals surface area contributed by atoms with Crippen molar-refractivity contribution < 1.29 is 9.59 Å². The van der Waals surface area contributed by atoms with E-state index in [9.17, 15) is 9.59 Å². The van der Waals surface area contributed by atoms with Crippen LogP contribution < -0.4 is 5.32 Å². The molecule has 5 heteroatoms. The van der Waals surface area contributed by atoms with Crippen molar-refractivity contribution in [3.63, 3.8) is 0 Å². The average Bonchev–Trinajstić information content (AvgIpc) is 2.57. The molecule has 1 aliphatic rings. The van der Waals surface area contributed by atoms with Crippen molar-refractivity contribution in [1.29, 1.82) is 0 Å². The molecule has 0 bridgehead atoms. The summed E-state index contributed by atoms with van der Waals surface area (Å²) >= 11 is 5.79. The summed E-state index contributed by atoms with van der Waals surface area (Å²) < 4.78 is 0. The summed E-state index contributed by atoms with van der Waals surface area (Å²) in [7, 11) is 0. The molecule has 96 valence electrons. The number of hydrogen-bond donors (Lipinski definition) is 1. The first-order valence-electron chi connectivity index (χ1n) is 5.87. The average molecular weight is 267 g/mol. The molecule has 1 saturated heterocycles. The van der Waals surface area contributed by atoms with Gasteiger partial charge in [0.15, 0.2) is 0 Å². The molecule has 0 aromatic heterocycles. The normalized spacial score (nSPS) is 19.8. The zero-order valence-corrected chi connectivity index (χ0v) is 11.1. The molecule has 1 aromatic rings. The summed E-state index contributed by atoms with van der Waals surface area (Å²) in [6.45, 7) is 3.67. The minimum absolute atomic E-state index is 0.0954. The second-order valence-corrected chi connectivity index (χ2v) is 5.04. The van der Waals surface area contributed by atoms with Crippen molar-refractivity contribution in [2.45, 2.75) is 32.4 Å². The van der Waals surface area contributed by atoms with Crippen LogP contribution in [0.5, 0.6) is 0 Å². The quantitative estimate of drug-likeness (QED) is 0.854. The van der Waals surface area contributed by atoms with Crippen molar-refractivity contribution in [2.75, 3.05) is 5.32 Å². The molecule has 0 saturated carbocycles. The molecule has 18 heavy (non-hydrogen) atoms. The van der Waals surface area contributed by atoms with Gasteiger partial charge >= 0.3 is 0 Å². The lowest BCUT2D eigenvalue weighted by Crippen LogP contribution is -2.39. The maximum absolute atomic E-state index is 12.0. The lowest BCUT2D eigenvalue weighted by Gasteiger charge is -2.19. The van der Waals surface area contributed by atoms with Crippen LogP contribution in [0, 0.1) is 0 Å². The van der Waals surface area contributed by atoms with Crippen LogP contribution in [0.2, 0.25) is 5.02 Å². The highest BCUT2D eigenvalue weighted by atomic mass is 35.5. The first kappa shape index (κ1) is 12.9. The van der Waals surface area contributed by atoms with Gasteiger partial charge < -0.3 is 5.32 Å². The van der Waals surface area contributed by atoms with E-state index in [2.05, 4.69) is 5.32 Å². The minimum Gasteiger partial charge on any atom is -0.373 e. The molecule has 1 N–H and O–H groups in total. The third-order valence-corrected chi connectivity index (χ3v) is 3.14. The highest BCUT2D eigenvalue weighted by Crippen LogP contribution is 2.21. The first-order valence-corrected chi connectivity index (χ1v) is 6.25. The molecule has 1 atom stereocenters. The van der Waals surface area contributed by atoms with Gasteiger partial charge in [-0.15, -0.1) is 0 Å². The Bertz CT molecular complexity index is 470. The fourth-order valence-electron chi connectivity index (χ4n) is 2.05. The predicted molar refractivity (Wildman–Crippen MR) is 70.5 cm³/mol. The zero-order valence-electron chi connectivity index (χ0n) is 10.3. The summed E-state index contributed by atoms with van der Waals surface area (Å²) in [4.78, 5) is 25.1. The van der Waals surface area contributed by atoms with Crippen molar-refractivity contribution in [1.82, 2.24) is 4.90 Å². The monoisotopic (exact) mass is 266 g/mol. The lowest BCUT2D eigenvalue weighted by atomic mass is 10.2. The first-order chi connectivity index (χ1) is 8.49. The molecule has 1 aliphatic heterocycles. The van der Waals surface area contributed by atoms with Crippen LogP contribution in [0.15, 0.2) is 24.3 Å². The van der Waals surface area contributed by atoms with Crippen LogP contribution in [0.4, 0.5) is 5.69 Å². The van der Waals surface area contributed by atoms with E-state index in [-0.39, 0.29) is 24.3 Å². The summed E-state index contributed by atoms with van der Waals surface area (Å²) in [5.41, 5.74) is 0.788. The number of imide groups is 1. The Morgan fingerprint density at radius 1 is 1.28 bits per heavy atom. The van der Waals surface area contributed by atoms with Crippen LogP contribution in [-0.2, 0) is 9.59 Å². The lowest BCUT2D eigenvalue weighted by molar-refractivity contribution is -0.140. The molecule has 1 unspecified atom stereocenters. The van der Waals surface area contributed by atoms with E-state index >= 15 is 0 Å². The molecule has 1 heterocycles. The Morgan fingerprint density at radius 2 is 1.89 bits per heavy atom. The van der Waals surface area contributed by atoms with Crippen molar-refractivity contribution in [3.8, 4) is 0 Å². The van der Waals surface area contributed by atoms with E-state index in [0.29, 0.717) is 5.02 Å². The van der Waals surface area contributed by atoms with E-state index in [4.69, 9.17) is 11.6 Å². The van der Waals surface area contributed by atoms with Crippen molar-refractivity contribution >= 4 is 29.1 Å². The Balaban J connectivity index is 2.10. The maximum Gasteiger partial charge on any atom is 0.252 e. The van der Waals surface area contributed by atoms with Gasteiger partial charge in [0.05, 0.1) is 6.42 Å². The summed E-state index contributed by atoms with van der Waals surface area (Å²) in [5.74, 6) is -0.286. The number of nitrogens with one attached hydrogen (secondary N) is 1. The number of likely N-dealkylation sites (tertiary alicyclic amines) is 1. The minimum atomic E-state index is -0.471. The second kappa shape index (κ2) is 4.98. The van der Waals surface area contributed by atoms with Gasteiger partial charge in [0.2, 0.25) is 5.91 Å². The van der Waals surface area contributed by atoms with E-state index in [1.807, 2.05) is 13.8 Å². The molecule has 0 radical (unpaired) electrons. The van der Waals surface area contributed by atoms with E-state index in [0.717, 1.165) is 5.69 Å². The van der Waals surface area contributed by atoms with Gasteiger partial charge in [-0.3, -0.25) is 14.5 Å². The second-order valence-electron chi connectivity index (χ2n) is 4.60. The third-order valence-electron chi connectivity index (χ3n) is 2.88. The topological polar surface area (TPSA) is 49.4 Å². The maximum atomic E-state index is 12.0. The Kier molecular flexibility index (Phi) is 3.57. The molecule has 1 aromatic carbocycles. The van der Waals surface area contributed by atoms with E-state index < -0.39 is 6.04 Å². The van der Waals surface area contributed by atoms with Gasteiger partial charge in [-0.05, 0) is 38.1 Å². The van der Waals surface area contributed by atoms with Crippen molar-refractivity contribution in [2.24, 2.45) is 0 Å². The number of halogens is 1. The van der Waals surface area contributed by atoms with Crippen molar-refractivity contribution in [3.05, 3.63) is 29.3 Å². The van der Waals surface area contributed by atoms with Gasteiger partial charge in [0.25, 0.3) is 5.91 Å². The van der Waals surface area contributed by atoms with Gasteiger partial charge in [0.1, 0.15) is 6.04 Å². The van der Waals surface area contributed by atoms with E-state index in [1.165, 1.54) is 4.90 Å². The standard InChI is InChI=1S/C13H15ClN2O2/c1-8(2)16-12(17)7-11(13(16)18)15-10-5-3-9(14)4-6-10/h3-6,8,11,15H,7H2,1-2H3. The number of anilines is 1. The molecule has 4 nitrogen and oxygen atoms in total. The number of carbonyl (C=O) groups excluding carboxylic acids is 2. The van der Waals surface area contributed by atoms with Crippen LogP contribution >= 0.6 is 11.6 Å². The van der Waals surface area contributed by atoms with Gasteiger partial charge in [-0.1, -0.05) is 11.6 Å². The molecule has 0 aliphatic carbocycles. The molecule has 2 rings (SSSR count). The number of carbonyl (C=O) groups is 2. The zero-order chi connectivity index (χ0) is 13.3. The number of amides is 2. The van der Waals surface area contributed by atoms with E-state index in [1.54, 1.807) is 24.3 Å². The summed E-state index contributed by atoms with van der Waals surface area (Å²) in [6.07, 6.45) is 0.208. The van der Waals surface area contributed by atoms with Crippen LogP contribution in [0.25, 0.3) is 0 Å². The van der Waals surface area contributed by atoms with Gasteiger partial charge in [-0.25, -0.2) is 0 Å². The van der Waals surface area contributed by atoms with Crippen LogP contribution in [0.1, 0.15) is 20.3 Å².